The largest absolute Gasteiger partial charge is 0.351 e. The molecule has 1 saturated carbocycles. The van der Waals surface area contributed by atoms with E-state index in [4.69, 9.17) is 0 Å². The van der Waals surface area contributed by atoms with Crippen LogP contribution in [-0.4, -0.2) is 40.7 Å². The van der Waals surface area contributed by atoms with Gasteiger partial charge < -0.3 is 10.2 Å². The van der Waals surface area contributed by atoms with Gasteiger partial charge >= 0.3 is 0 Å². The molecule has 1 atom stereocenters. The summed E-state index contributed by atoms with van der Waals surface area (Å²) in [5.41, 5.74) is -0.110. The van der Waals surface area contributed by atoms with Crippen LogP contribution in [0.3, 0.4) is 0 Å². The fraction of sp³-hybridized carbons (Fsp3) is 0.643. The van der Waals surface area contributed by atoms with Crippen LogP contribution in [0.5, 0.6) is 0 Å². The van der Waals surface area contributed by atoms with Crippen LogP contribution in [0.25, 0.3) is 0 Å². The van der Waals surface area contributed by atoms with E-state index in [1.54, 1.807) is 4.90 Å². The maximum atomic E-state index is 14.7. The summed E-state index contributed by atoms with van der Waals surface area (Å²) < 4.78 is 14.7. The molecular weight excluding hydrogens is 259 g/mol. The number of carbonyl (C=O) groups excluding carboxylic acids is 1. The van der Waals surface area contributed by atoms with Crippen LogP contribution in [0, 0.1) is 13.8 Å². The number of nitrogens with one attached hydrogen (secondary N) is 1. The monoisotopic (exact) mass is 278 g/mol. The summed E-state index contributed by atoms with van der Waals surface area (Å²) >= 11 is 0. The Balaban J connectivity index is 1.73. The highest BCUT2D eigenvalue weighted by Gasteiger charge is 2.47. The summed E-state index contributed by atoms with van der Waals surface area (Å²) in [7, 11) is 0. The molecule has 0 spiro atoms. The van der Waals surface area contributed by atoms with E-state index in [0.29, 0.717) is 12.5 Å². The molecule has 0 radical (unpaired) electrons. The minimum atomic E-state index is -1.82. The van der Waals surface area contributed by atoms with Gasteiger partial charge in [-0.15, -0.1) is 0 Å². The molecule has 3 rings (SSSR count). The molecule has 5 nitrogen and oxygen atoms in total. The number of aromatic nitrogens is 2. The molecular formula is C14H19FN4O. The van der Waals surface area contributed by atoms with Crippen LogP contribution in [-0.2, 0) is 4.79 Å². The Bertz CT molecular complexity index is 526. The van der Waals surface area contributed by atoms with Crippen molar-refractivity contribution in [2.45, 2.75) is 44.8 Å². The van der Waals surface area contributed by atoms with Gasteiger partial charge in [-0.2, -0.15) is 0 Å². The Kier molecular flexibility index (Phi) is 3.11. The van der Waals surface area contributed by atoms with Crippen LogP contribution in [0.15, 0.2) is 6.07 Å². The first-order valence-electron chi connectivity index (χ1n) is 7.03. The molecule has 6 heteroatoms. The summed E-state index contributed by atoms with van der Waals surface area (Å²) in [6.07, 6.45) is 2.12. The molecule has 0 bridgehead atoms. The first-order valence-corrected chi connectivity index (χ1v) is 7.03. The van der Waals surface area contributed by atoms with Crippen molar-refractivity contribution in [2.24, 2.45) is 0 Å². The third-order valence-corrected chi connectivity index (χ3v) is 3.79. The lowest BCUT2D eigenvalue weighted by atomic mass is 10.1. The van der Waals surface area contributed by atoms with E-state index in [0.717, 1.165) is 24.2 Å². The van der Waals surface area contributed by atoms with Crippen molar-refractivity contribution in [3.05, 3.63) is 17.5 Å². The topological polar surface area (TPSA) is 58.1 Å². The van der Waals surface area contributed by atoms with Crippen molar-refractivity contribution >= 4 is 11.9 Å². The number of alkyl halides is 1. The molecule has 1 N–H and O–H groups in total. The fourth-order valence-corrected chi connectivity index (χ4v) is 2.52. The van der Waals surface area contributed by atoms with Gasteiger partial charge in [0.05, 0.1) is 6.54 Å². The average Bonchev–Trinajstić information content (AvgIpc) is 3.08. The summed E-state index contributed by atoms with van der Waals surface area (Å²) in [5.74, 6) is 0.0353. The molecule has 1 amide bonds. The van der Waals surface area contributed by atoms with Gasteiger partial charge in [0.25, 0.3) is 5.91 Å². The highest BCUT2D eigenvalue weighted by atomic mass is 19.1. The second-order valence-electron chi connectivity index (χ2n) is 5.84. The number of rotatable bonds is 3. The van der Waals surface area contributed by atoms with Crippen LogP contribution in [0.1, 0.15) is 30.7 Å². The molecule has 2 fully saturated rings. The zero-order chi connectivity index (χ0) is 14.3. The Labute approximate surface area is 117 Å². The smallest absolute Gasteiger partial charge is 0.259 e. The molecule has 1 unspecified atom stereocenters. The number of anilines is 1. The van der Waals surface area contributed by atoms with Crippen molar-refractivity contribution in [3.63, 3.8) is 0 Å². The molecule has 2 aliphatic rings. The number of halogens is 1. The van der Waals surface area contributed by atoms with Crippen LogP contribution < -0.4 is 10.2 Å². The van der Waals surface area contributed by atoms with Gasteiger partial charge in [0.15, 0.2) is 0 Å². The minimum Gasteiger partial charge on any atom is -0.351 e. The molecule has 0 aromatic carbocycles. The van der Waals surface area contributed by atoms with Crippen molar-refractivity contribution in [1.82, 2.24) is 15.3 Å². The predicted octanol–water partition coefficient (Wildman–Crippen LogP) is 1.29. The molecule has 1 aliphatic carbocycles. The van der Waals surface area contributed by atoms with E-state index in [-0.39, 0.29) is 19.0 Å². The van der Waals surface area contributed by atoms with Gasteiger partial charge in [0, 0.05) is 30.4 Å². The summed E-state index contributed by atoms with van der Waals surface area (Å²) in [5, 5.41) is 2.75. The third kappa shape index (κ3) is 2.59. The Morgan fingerprint density at radius 2 is 2.05 bits per heavy atom. The predicted molar refractivity (Wildman–Crippen MR) is 73.3 cm³/mol. The molecule has 20 heavy (non-hydrogen) atoms. The van der Waals surface area contributed by atoms with E-state index in [1.165, 1.54) is 0 Å². The number of carbonyl (C=O) groups is 1. The quantitative estimate of drug-likeness (QED) is 0.905. The SMILES string of the molecule is Cc1cc(C)nc(N2CCC(F)(C(=O)NC3CC3)C2)n1. The lowest BCUT2D eigenvalue weighted by Gasteiger charge is -2.20. The molecule has 2 heterocycles. The number of nitrogens with zero attached hydrogens (tertiary/aromatic N) is 3. The van der Waals surface area contributed by atoms with E-state index in [9.17, 15) is 9.18 Å². The lowest BCUT2D eigenvalue weighted by molar-refractivity contribution is -0.131. The van der Waals surface area contributed by atoms with Crippen LogP contribution >= 0.6 is 0 Å². The van der Waals surface area contributed by atoms with Crippen LogP contribution in [0.2, 0.25) is 0 Å². The second-order valence-corrected chi connectivity index (χ2v) is 5.84. The number of hydrogen-bond donors (Lipinski definition) is 1. The lowest BCUT2D eigenvalue weighted by Crippen LogP contribution is -2.46. The minimum absolute atomic E-state index is 0.0362. The van der Waals surface area contributed by atoms with E-state index >= 15 is 0 Å². The highest BCUT2D eigenvalue weighted by Crippen LogP contribution is 2.30. The normalized spacial score (nSPS) is 25.9. The zero-order valence-corrected chi connectivity index (χ0v) is 11.8. The first-order chi connectivity index (χ1) is 9.46. The van der Waals surface area contributed by atoms with Crippen molar-refractivity contribution < 1.29 is 9.18 Å². The molecule has 1 aromatic rings. The maximum Gasteiger partial charge on any atom is 0.259 e. The molecule has 1 saturated heterocycles. The zero-order valence-electron chi connectivity index (χ0n) is 11.8. The fourth-order valence-electron chi connectivity index (χ4n) is 2.52. The van der Waals surface area contributed by atoms with Gasteiger partial charge in [-0.3, -0.25) is 4.79 Å². The summed E-state index contributed by atoms with van der Waals surface area (Å²) in [4.78, 5) is 22.4. The van der Waals surface area contributed by atoms with E-state index < -0.39 is 11.6 Å². The highest BCUT2D eigenvalue weighted by molar-refractivity contribution is 5.87. The van der Waals surface area contributed by atoms with Crippen molar-refractivity contribution in [3.8, 4) is 0 Å². The molecule has 108 valence electrons. The number of hydrogen-bond acceptors (Lipinski definition) is 4. The molecule has 1 aromatic heterocycles. The standard InChI is InChI=1S/C14H19FN4O/c1-9-7-10(2)17-13(16-9)19-6-5-14(15,8-19)12(20)18-11-3-4-11/h7,11H,3-6,8H2,1-2H3,(H,18,20). The van der Waals surface area contributed by atoms with Gasteiger partial charge in [-0.25, -0.2) is 14.4 Å². The Hall–Kier alpha value is -1.72. The number of amides is 1. The second kappa shape index (κ2) is 4.68. The van der Waals surface area contributed by atoms with Gasteiger partial charge in [0.2, 0.25) is 11.6 Å². The van der Waals surface area contributed by atoms with Crippen LogP contribution in [0.4, 0.5) is 10.3 Å². The average molecular weight is 278 g/mol. The Morgan fingerprint density at radius 1 is 1.40 bits per heavy atom. The van der Waals surface area contributed by atoms with Crippen molar-refractivity contribution in [1.29, 1.82) is 0 Å². The van der Waals surface area contributed by atoms with Crippen molar-refractivity contribution in [2.75, 3.05) is 18.0 Å². The number of aryl methyl sites for hydroxylation is 2. The summed E-state index contributed by atoms with van der Waals surface area (Å²) in [6, 6.07) is 2.06. The first kappa shape index (κ1) is 13.3. The third-order valence-electron chi connectivity index (χ3n) is 3.79. The van der Waals surface area contributed by atoms with Gasteiger partial charge in [0.1, 0.15) is 0 Å². The van der Waals surface area contributed by atoms with E-state index in [2.05, 4.69) is 15.3 Å². The van der Waals surface area contributed by atoms with Gasteiger partial charge in [-0.1, -0.05) is 0 Å². The summed E-state index contributed by atoms with van der Waals surface area (Å²) in [6.45, 7) is 4.28. The van der Waals surface area contributed by atoms with Gasteiger partial charge in [-0.05, 0) is 32.8 Å². The Morgan fingerprint density at radius 3 is 2.65 bits per heavy atom. The molecule has 1 aliphatic heterocycles. The maximum absolute atomic E-state index is 14.7. The van der Waals surface area contributed by atoms with E-state index in [1.807, 2.05) is 19.9 Å².